The predicted molar refractivity (Wildman–Crippen MR) is 59.2 cm³/mol. The Bertz CT molecular complexity index is 382. The van der Waals surface area contributed by atoms with Gasteiger partial charge in [0.2, 0.25) is 0 Å². The number of aromatic hydroxyl groups is 1. The molecule has 1 aromatic rings. The minimum atomic E-state index is 0.135. The standard InChI is InChI=1S/C13H16O2/c1-9(7-8-14)13-11-4-2-3-10(11)5-6-12(13)15/h5-6,8-9,15H,2-4,7H2,1H3. The lowest BCUT2D eigenvalue weighted by Crippen LogP contribution is -2.00. The lowest BCUT2D eigenvalue weighted by molar-refractivity contribution is -0.108. The van der Waals surface area contributed by atoms with Gasteiger partial charge < -0.3 is 9.90 Å². The fourth-order valence-corrected chi connectivity index (χ4v) is 2.49. The Labute approximate surface area is 89.9 Å². The molecule has 0 amide bonds. The van der Waals surface area contributed by atoms with E-state index in [2.05, 4.69) is 0 Å². The number of hydrogen-bond acceptors (Lipinski definition) is 2. The van der Waals surface area contributed by atoms with E-state index in [-0.39, 0.29) is 5.92 Å². The van der Waals surface area contributed by atoms with Gasteiger partial charge in [0.1, 0.15) is 12.0 Å². The summed E-state index contributed by atoms with van der Waals surface area (Å²) < 4.78 is 0. The first-order valence-electron chi connectivity index (χ1n) is 5.51. The van der Waals surface area contributed by atoms with Crippen LogP contribution in [0.15, 0.2) is 12.1 Å². The first-order valence-corrected chi connectivity index (χ1v) is 5.51. The van der Waals surface area contributed by atoms with Crippen molar-refractivity contribution < 1.29 is 9.90 Å². The Morgan fingerprint density at radius 1 is 1.47 bits per heavy atom. The molecular formula is C13H16O2. The molecule has 1 aliphatic carbocycles. The van der Waals surface area contributed by atoms with E-state index in [1.54, 1.807) is 6.07 Å². The van der Waals surface area contributed by atoms with Gasteiger partial charge in [-0.05, 0) is 42.4 Å². The van der Waals surface area contributed by atoms with Crippen LogP contribution < -0.4 is 0 Å². The van der Waals surface area contributed by atoms with E-state index < -0.39 is 0 Å². The molecule has 1 aliphatic rings. The minimum Gasteiger partial charge on any atom is -0.508 e. The number of phenolic OH excluding ortho intramolecular Hbond substituents is 1. The molecule has 1 aromatic carbocycles. The number of aldehydes is 1. The summed E-state index contributed by atoms with van der Waals surface area (Å²) in [7, 11) is 0. The molecule has 2 nitrogen and oxygen atoms in total. The lowest BCUT2D eigenvalue weighted by Gasteiger charge is -2.15. The van der Waals surface area contributed by atoms with Gasteiger partial charge in [0.05, 0.1) is 0 Å². The molecule has 1 atom stereocenters. The summed E-state index contributed by atoms with van der Waals surface area (Å²) in [6.07, 6.45) is 4.74. The molecule has 0 aromatic heterocycles. The third-order valence-corrected chi connectivity index (χ3v) is 3.25. The van der Waals surface area contributed by atoms with Gasteiger partial charge in [-0.3, -0.25) is 0 Å². The number of fused-ring (bicyclic) bond motifs is 1. The van der Waals surface area contributed by atoms with Crippen molar-refractivity contribution in [2.24, 2.45) is 0 Å². The van der Waals surface area contributed by atoms with Crippen LogP contribution in [-0.2, 0) is 17.6 Å². The number of benzene rings is 1. The summed E-state index contributed by atoms with van der Waals surface area (Å²) >= 11 is 0. The maximum atomic E-state index is 10.5. The van der Waals surface area contributed by atoms with Crippen molar-refractivity contribution in [3.8, 4) is 5.75 Å². The predicted octanol–water partition coefficient (Wildman–Crippen LogP) is 2.57. The third-order valence-electron chi connectivity index (χ3n) is 3.25. The molecule has 1 unspecified atom stereocenters. The molecule has 0 saturated carbocycles. The highest BCUT2D eigenvalue weighted by Gasteiger charge is 2.21. The number of carbonyl (C=O) groups is 1. The molecule has 0 heterocycles. The topological polar surface area (TPSA) is 37.3 Å². The van der Waals surface area contributed by atoms with Crippen LogP contribution in [0.2, 0.25) is 0 Å². The van der Waals surface area contributed by atoms with Crippen molar-refractivity contribution in [2.75, 3.05) is 0 Å². The Morgan fingerprint density at radius 3 is 3.00 bits per heavy atom. The normalized spacial score (nSPS) is 16.1. The third kappa shape index (κ3) is 1.76. The minimum absolute atomic E-state index is 0.135. The summed E-state index contributed by atoms with van der Waals surface area (Å²) in [5, 5.41) is 9.86. The van der Waals surface area contributed by atoms with Crippen LogP contribution >= 0.6 is 0 Å². The molecule has 1 N–H and O–H groups in total. The molecule has 80 valence electrons. The average Bonchev–Trinajstić information content (AvgIpc) is 2.65. The van der Waals surface area contributed by atoms with Crippen molar-refractivity contribution in [2.45, 2.75) is 38.5 Å². The summed E-state index contributed by atoms with van der Waals surface area (Å²) in [6.45, 7) is 2.00. The zero-order valence-corrected chi connectivity index (χ0v) is 8.99. The van der Waals surface area contributed by atoms with Gasteiger partial charge in [0.25, 0.3) is 0 Å². The summed E-state index contributed by atoms with van der Waals surface area (Å²) in [6, 6.07) is 3.77. The molecule has 0 bridgehead atoms. The van der Waals surface area contributed by atoms with Gasteiger partial charge in [-0.1, -0.05) is 13.0 Å². The first kappa shape index (κ1) is 10.2. The zero-order chi connectivity index (χ0) is 10.8. The highest BCUT2D eigenvalue weighted by atomic mass is 16.3. The molecular weight excluding hydrogens is 188 g/mol. The second-order valence-corrected chi connectivity index (χ2v) is 4.29. The SMILES string of the molecule is CC(CC=O)c1c(O)ccc2c1CCC2. The van der Waals surface area contributed by atoms with Gasteiger partial charge in [-0.25, -0.2) is 0 Å². The number of hydrogen-bond donors (Lipinski definition) is 1. The van der Waals surface area contributed by atoms with Crippen molar-refractivity contribution in [1.29, 1.82) is 0 Å². The van der Waals surface area contributed by atoms with E-state index in [1.807, 2.05) is 13.0 Å². The van der Waals surface area contributed by atoms with Gasteiger partial charge in [0.15, 0.2) is 0 Å². The zero-order valence-electron chi connectivity index (χ0n) is 8.99. The van der Waals surface area contributed by atoms with Crippen molar-refractivity contribution in [1.82, 2.24) is 0 Å². The van der Waals surface area contributed by atoms with Gasteiger partial charge >= 0.3 is 0 Å². The number of rotatable bonds is 3. The van der Waals surface area contributed by atoms with Crippen molar-refractivity contribution in [3.63, 3.8) is 0 Å². The Kier molecular flexibility index (Phi) is 2.76. The van der Waals surface area contributed by atoms with E-state index in [0.717, 1.165) is 24.7 Å². The highest BCUT2D eigenvalue weighted by molar-refractivity contribution is 5.55. The van der Waals surface area contributed by atoms with Gasteiger partial charge in [-0.2, -0.15) is 0 Å². The second kappa shape index (κ2) is 4.05. The van der Waals surface area contributed by atoms with E-state index in [0.29, 0.717) is 12.2 Å². The lowest BCUT2D eigenvalue weighted by atomic mass is 9.90. The van der Waals surface area contributed by atoms with E-state index in [4.69, 9.17) is 0 Å². The van der Waals surface area contributed by atoms with E-state index >= 15 is 0 Å². The molecule has 0 saturated heterocycles. The van der Waals surface area contributed by atoms with Gasteiger partial charge in [0, 0.05) is 12.0 Å². The molecule has 0 aliphatic heterocycles. The fourth-order valence-electron chi connectivity index (χ4n) is 2.49. The molecule has 0 fully saturated rings. The van der Waals surface area contributed by atoms with Crippen LogP contribution in [0.3, 0.4) is 0 Å². The molecule has 0 radical (unpaired) electrons. The largest absolute Gasteiger partial charge is 0.508 e. The number of phenols is 1. The first-order chi connectivity index (χ1) is 7.24. The quantitative estimate of drug-likeness (QED) is 0.768. The van der Waals surface area contributed by atoms with E-state index in [1.165, 1.54) is 17.5 Å². The van der Waals surface area contributed by atoms with E-state index in [9.17, 15) is 9.90 Å². The van der Waals surface area contributed by atoms with Crippen LogP contribution in [-0.4, -0.2) is 11.4 Å². The summed E-state index contributed by atoms with van der Waals surface area (Å²) in [4.78, 5) is 10.5. The molecule has 15 heavy (non-hydrogen) atoms. The maximum absolute atomic E-state index is 10.5. The summed E-state index contributed by atoms with van der Waals surface area (Å²) in [5.74, 6) is 0.487. The molecule has 2 rings (SSSR count). The maximum Gasteiger partial charge on any atom is 0.120 e. The van der Waals surface area contributed by atoms with Crippen LogP contribution in [0.4, 0.5) is 0 Å². The smallest absolute Gasteiger partial charge is 0.120 e. The Balaban J connectivity index is 2.44. The van der Waals surface area contributed by atoms with Crippen LogP contribution in [0, 0.1) is 0 Å². The monoisotopic (exact) mass is 204 g/mol. The van der Waals surface area contributed by atoms with Crippen LogP contribution in [0.5, 0.6) is 5.75 Å². The van der Waals surface area contributed by atoms with Gasteiger partial charge in [-0.15, -0.1) is 0 Å². The second-order valence-electron chi connectivity index (χ2n) is 4.29. The van der Waals surface area contributed by atoms with Crippen LogP contribution in [0.1, 0.15) is 42.4 Å². The number of aryl methyl sites for hydroxylation is 1. The van der Waals surface area contributed by atoms with Crippen LogP contribution in [0.25, 0.3) is 0 Å². The van der Waals surface area contributed by atoms with Crippen molar-refractivity contribution >= 4 is 6.29 Å². The Morgan fingerprint density at radius 2 is 2.27 bits per heavy atom. The summed E-state index contributed by atoms with van der Waals surface area (Å²) in [5.41, 5.74) is 3.63. The van der Waals surface area contributed by atoms with Crippen molar-refractivity contribution in [3.05, 3.63) is 28.8 Å². The fraction of sp³-hybridized carbons (Fsp3) is 0.462. The average molecular weight is 204 g/mol. The molecule has 2 heteroatoms. The molecule has 0 spiro atoms. The number of carbonyl (C=O) groups excluding carboxylic acids is 1. The Hall–Kier alpha value is -1.31. The highest BCUT2D eigenvalue weighted by Crippen LogP contribution is 2.36.